The van der Waals surface area contributed by atoms with E-state index in [1.165, 1.54) is 11.1 Å². The van der Waals surface area contributed by atoms with Gasteiger partial charge in [0, 0.05) is 16.6 Å². The molecule has 0 bridgehead atoms. The molecule has 0 saturated carbocycles. The summed E-state index contributed by atoms with van der Waals surface area (Å²) in [6, 6.07) is 4.31. The molecule has 178 valence electrons. The van der Waals surface area contributed by atoms with Gasteiger partial charge in [0.05, 0.1) is 11.4 Å². The molecule has 0 unspecified atom stereocenters. The standard InChI is InChI=1S/C28H33N3O3/c1-8-28(6,7)24-21(15-22-25(32)31-27(34)26(33)29-22)20-14-18(11-9-16(2)3)13-19(23(20)30-24)12-10-17(4)5/h8-10,13-15H,1,11-12H2,2-7H3,(H,29,33)(H2,31,32,34). The average molecular weight is 460 g/mol. The Morgan fingerprint density at radius 1 is 1.03 bits per heavy atom. The Labute approximate surface area is 200 Å². The van der Waals surface area contributed by atoms with Crippen LogP contribution in [0.1, 0.15) is 63.9 Å². The summed E-state index contributed by atoms with van der Waals surface area (Å²) >= 11 is 0. The van der Waals surface area contributed by atoms with Gasteiger partial charge in [-0.25, -0.2) is 0 Å². The molecule has 3 N–H and O–H groups in total. The molecule has 0 saturated heterocycles. The molecule has 6 nitrogen and oxygen atoms in total. The van der Waals surface area contributed by atoms with E-state index in [4.69, 9.17) is 4.99 Å². The number of aromatic amines is 2. The van der Waals surface area contributed by atoms with Gasteiger partial charge < -0.3 is 10.1 Å². The molecule has 0 aliphatic carbocycles. The van der Waals surface area contributed by atoms with Gasteiger partial charge in [-0.1, -0.05) is 49.3 Å². The Balaban J connectivity index is 2.33. The Morgan fingerprint density at radius 3 is 2.26 bits per heavy atom. The van der Waals surface area contributed by atoms with Crippen LogP contribution in [0.15, 0.2) is 62.7 Å². The van der Waals surface area contributed by atoms with Crippen LogP contribution in [0, 0.1) is 5.41 Å². The van der Waals surface area contributed by atoms with Crippen LogP contribution in [0.3, 0.4) is 0 Å². The van der Waals surface area contributed by atoms with Gasteiger partial charge in [-0.2, -0.15) is 0 Å². The second-order valence-corrected chi connectivity index (χ2v) is 9.74. The minimum atomic E-state index is -0.903. The van der Waals surface area contributed by atoms with Gasteiger partial charge in [-0.3, -0.25) is 19.6 Å². The Morgan fingerprint density at radius 2 is 1.65 bits per heavy atom. The summed E-state index contributed by atoms with van der Waals surface area (Å²) in [7, 11) is 0. The maximum atomic E-state index is 12.0. The number of allylic oxidation sites excluding steroid dienone is 6. The summed E-state index contributed by atoms with van der Waals surface area (Å²) in [4.78, 5) is 33.3. The van der Waals surface area contributed by atoms with Crippen LogP contribution in [-0.4, -0.2) is 20.8 Å². The smallest absolute Gasteiger partial charge is 0.316 e. The van der Waals surface area contributed by atoms with Crippen LogP contribution in [-0.2, 0) is 12.8 Å². The quantitative estimate of drug-likeness (QED) is 0.370. The molecule has 1 aliphatic rings. The molecule has 2 heterocycles. The van der Waals surface area contributed by atoms with Crippen LogP contribution in [0.2, 0.25) is 0 Å². The molecular formula is C28H33N3O3. The SMILES string of the molecule is C=CC(C)(C)C1=Nc2c(CC=C(C)C)cc(CC=C(C)C)cc2C1=Cc1[nH]c(=O)c(=O)[nH]c1O. The predicted molar refractivity (Wildman–Crippen MR) is 141 cm³/mol. The van der Waals surface area contributed by atoms with Crippen molar-refractivity contribution in [1.82, 2.24) is 9.97 Å². The zero-order chi connectivity index (χ0) is 25.2. The molecule has 6 heteroatoms. The number of nitrogens with one attached hydrogen (secondary N) is 2. The fourth-order valence-corrected chi connectivity index (χ4v) is 3.76. The van der Waals surface area contributed by atoms with Crippen LogP contribution in [0.4, 0.5) is 5.69 Å². The third-order valence-electron chi connectivity index (χ3n) is 5.84. The molecule has 34 heavy (non-hydrogen) atoms. The zero-order valence-electron chi connectivity index (χ0n) is 20.8. The van der Waals surface area contributed by atoms with Crippen molar-refractivity contribution in [2.24, 2.45) is 10.4 Å². The summed E-state index contributed by atoms with van der Waals surface area (Å²) in [5, 5.41) is 10.3. The molecule has 1 aliphatic heterocycles. The number of hydrogen-bond donors (Lipinski definition) is 3. The number of benzene rings is 1. The van der Waals surface area contributed by atoms with Gasteiger partial charge in [0.1, 0.15) is 5.69 Å². The van der Waals surface area contributed by atoms with Crippen molar-refractivity contribution >= 4 is 23.0 Å². The lowest BCUT2D eigenvalue weighted by Gasteiger charge is -2.21. The first-order chi connectivity index (χ1) is 15.9. The van der Waals surface area contributed by atoms with Gasteiger partial charge in [0.25, 0.3) is 0 Å². The van der Waals surface area contributed by atoms with E-state index in [1.807, 2.05) is 19.9 Å². The van der Waals surface area contributed by atoms with E-state index in [0.29, 0.717) is 0 Å². The summed E-state index contributed by atoms with van der Waals surface area (Å²) in [6.45, 7) is 16.3. The Kier molecular flexibility index (Phi) is 7.10. The summed E-state index contributed by atoms with van der Waals surface area (Å²) < 4.78 is 0. The molecule has 2 aromatic rings. The Bertz CT molecular complexity index is 1370. The van der Waals surface area contributed by atoms with E-state index in [0.717, 1.165) is 46.5 Å². The lowest BCUT2D eigenvalue weighted by Crippen LogP contribution is -2.29. The van der Waals surface area contributed by atoms with E-state index >= 15 is 0 Å². The molecule has 1 aromatic carbocycles. The van der Waals surface area contributed by atoms with Crippen molar-refractivity contribution in [3.8, 4) is 5.88 Å². The van der Waals surface area contributed by atoms with E-state index in [1.54, 1.807) is 6.08 Å². The fraction of sp³-hybridized carbons (Fsp3) is 0.321. The fourth-order valence-electron chi connectivity index (χ4n) is 3.76. The third-order valence-corrected chi connectivity index (χ3v) is 5.84. The molecule has 0 radical (unpaired) electrons. The van der Waals surface area contributed by atoms with Crippen LogP contribution < -0.4 is 11.1 Å². The van der Waals surface area contributed by atoms with Gasteiger partial charge in [0.2, 0.25) is 5.88 Å². The molecular weight excluding hydrogens is 426 g/mol. The number of nitrogens with zero attached hydrogens (tertiary/aromatic N) is 1. The molecule has 1 aromatic heterocycles. The van der Waals surface area contributed by atoms with E-state index in [-0.39, 0.29) is 5.69 Å². The number of H-pyrrole nitrogens is 2. The highest BCUT2D eigenvalue weighted by Crippen LogP contribution is 2.45. The molecule has 0 fully saturated rings. The highest BCUT2D eigenvalue weighted by atomic mass is 16.3. The zero-order valence-corrected chi connectivity index (χ0v) is 20.8. The second-order valence-electron chi connectivity index (χ2n) is 9.74. The van der Waals surface area contributed by atoms with Gasteiger partial charge in [-0.05, 0) is 63.8 Å². The van der Waals surface area contributed by atoms with Crippen molar-refractivity contribution in [2.75, 3.05) is 0 Å². The molecule has 0 atom stereocenters. The maximum absolute atomic E-state index is 12.0. The molecule has 0 amide bonds. The number of aromatic nitrogens is 2. The van der Waals surface area contributed by atoms with Crippen LogP contribution in [0.5, 0.6) is 5.88 Å². The number of hydrogen-bond acceptors (Lipinski definition) is 4. The first-order valence-electron chi connectivity index (χ1n) is 11.4. The normalized spacial score (nSPS) is 13.9. The Hall–Kier alpha value is -3.67. The van der Waals surface area contributed by atoms with Crippen LogP contribution >= 0.6 is 0 Å². The van der Waals surface area contributed by atoms with E-state index < -0.39 is 22.4 Å². The van der Waals surface area contributed by atoms with E-state index in [2.05, 4.69) is 68.5 Å². The van der Waals surface area contributed by atoms with Gasteiger partial charge in [-0.15, -0.1) is 6.58 Å². The topological polar surface area (TPSA) is 98.3 Å². The van der Waals surface area contributed by atoms with Crippen LogP contribution in [0.25, 0.3) is 11.6 Å². The highest BCUT2D eigenvalue weighted by Gasteiger charge is 2.33. The van der Waals surface area contributed by atoms with Crippen molar-refractivity contribution in [3.05, 3.63) is 91.2 Å². The summed E-state index contributed by atoms with van der Waals surface area (Å²) in [5.74, 6) is -0.397. The first kappa shape index (κ1) is 25.0. The number of fused-ring (bicyclic) bond motifs is 1. The minimum Gasteiger partial charge on any atom is -0.493 e. The van der Waals surface area contributed by atoms with Crippen molar-refractivity contribution in [2.45, 2.75) is 54.4 Å². The van der Waals surface area contributed by atoms with Crippen molar-refractivity contribution in [1.29, 1.82) is 0 Å². The number of aromatic hydroxyl groups is 1. The van der Waals surface area contributed by atoms with E-state index in [9.17, 15) is 14.7 Å². The number of rotatable bonds is 7. The lowest BCUT2D eigenvalue weighted by molar-refractivity contribution is 0.446. The molecule has 3 rings (SSSR count). The molecule has 0 spiro atoms. The second kappa shape index (κ2) is 9.67. The largest absolute Gasteiger partial charge is 0.493 e. The lowest BCUT2D eigenvalue weighted by atomic mass is 9.81. The summed E-state index contributed by atoms with van der Waals surface area (Å²) in [6.07, 6.45) is 9.41. The van der Waals surface area contributed by atoms with Crippen molar-refractivity contribution in [3.63, 3.8) is 0 Å². The highest BCUT2D eigenvalue weighted by molar-refractivity contribution is 6.35. The minimum absolute atomic E-state index is 0.126. The summed E-state index contributed by atoms with van der Waals surface area (Å²) in [5.41, 5.74) is 5.99. The average Bonchev–Trinajstić information content (AvgIpc) is 3.13. The van der Waals surface area contributed by atoms with Gasteiger partial charge >= 0.3 is 11.1 Å². The maximum Gasteiger partial charge on any atom is 0.316 e. The predicted octanol–water partition coefficient (Wildman–Crippen LogP) is 5.63. The first-order valence-corrected chi connectivity index (χ1v) is 11.4. The van der Waals surface area contributed by atoms with Gasteiger partial charge in [0.15, 0.2) is 0 Å². The monoisotopic (exact) mass is 459 g/mol. The third kappa shape index (κ3) is 5.28. The van der Waals surface area contributed by atoms with Crippen molar-refractivity contribution < 1.29 is 5.11 Å². The number of aliphatic imine (C=N–C) groups is 1.